The van der Waals surface area contributed by atoms with Crippen LogP contribution in [0.5, 0.6) is 5.75 Å². The van der Waals surface area contributed by atoms with E-state index >= 15 is 0 Å². The van der Waals surface area contributed by atoms with Crippen molar-refractivity contribution in [1.29, 1.82) is 0 Å². The highest BCUT2D eigenvalue weighted by Crippen LogP contribution is 2.43. The number of hydrogen-bond donors (Lipinski definition) is 2. The fraction of sp³-hybridized carbons (Fsp3) is 0.538. The van der Waals surface area contributed by atoms with E-state index in [1.54, 1.807) is 0 Å². The van der Waals surface area contributed by atoms with Crippen LogP contribution >= 0.6 is 0 Å². The van der Waals surface area contributed by atoms with E-state index in [4.69, 9.17) is 16.2 Å². The third-order valence-corrected chi connectivity index (χ3v) is 7.41. The summed E-state index contributed by atoms with van der Waals surface area (Å²) in [6.07, 6.45) is 11.4. The largest absolute Gasteiger partial charge is 0.489 e. The second-order valence-electron chi connectivity index (χ2n) is 9.45. The Morgan fingerprint density at radius 3 is 2.07 bits per heavy atom. The number of ether oxygens (including phenoxy) is 1. The van der Waals surface area contributed by atoms with E-state index in [-0.39, 0.29) is 0 Å². The van der Waals surface area contributed by atoms with Crippen molar-refractivity contribution in [2.75, 3.05) is 11.5 Å². The van der Waals surface area contributed by atoms with Gasteiger partial charge in [0.15, 0.2) is 0 Å². The lowest BCUT2D eigenvalue weighted by molar-refractivity contribution is 0.165. The minimum absolute atomic E-state index is 0.446. The topological polar surface area (TPSA) is 61.3 Å². The maximum Gasteiger partial charge on any atom is 0.119 e. The van der Waals surface area contributed by atoms with Crippen molar-refractivity contribution >= 4 is 11.4 Å². The first kappa shape index (κ1) is 20.1. The van der Waals surface area contributed by atoms with Gasteiger partial charge in [-0.05, 0) is 98.1 Å². The first-order valence-corrected chi connectivity index (χ1v) is 11.4. The summed E-state index contributed by atoms with van der Waals surface area (Å²) < 4.78 is 5.94. The molecule has 0 atom stereocenters. The average Bonchev–Trinajstić information content (AvgIpc) is 2.75. The summed E-state index contributed by atoms with van der Waals surface area (Å²) in [4.78, 5) is 0. The fourth-order valence-electron chi connectivity index (χ4n) is 5.43. The quantitative estimate of drug-likeness (QED) is 0.569. The van der Waals surface area contributed by atoms with Crippen molar-refractivity contribution in [2.24, 2.45) is 17.8 Å². The number of nitrogen functional groups attached to an aromatic ring is 2. The molecule has 2 saturated carbocycles. The molecule has 0 aromatic heterocycles. The summed E-state index contributed by atoms with van der Waals surface area (Å²) in [6, 6.07) is 14.3. The van der Waals surface area contributed by atoms with Crippen molar-refractivity contribution in [2.45, 2.75) is 70.8 Å². The van der Waals surface area contributed by atoms with Crippen LogP contribution in [-0.2, 0) is 6.61 Å². The van der Waals surface area contributed by atoms with Gasteiger partial charge in [-0.2, -0.15) is 0 Å². The van der Waals surface area contributed by atoms with Crippen molar-refractivity contribution < 1.29 is 4.74 Å². The van der Waals surface area contributed by atoms with E-state index in [2.05, 4.69) is 31.2 Å². The van der Waals surface area contributed by atoms with E-state index in [1.807, 2.05) is 18.2 Å². The van der Waals surface area contributed by atoms with Crippen molar-refractivity contribution in [3.8, 4) is 5.75 Å². The van der Waals surface area contributed by atoms with E-state index in [0.717, 1.165) is 34.8 Å². The molecule has 3 heteroatoms. The number of benzene rings is 2. The molecule has 2 aromatic rings. The van der Waals surface area contributed by atoms with Crippen LogP contribution in [0.25, 0.3) is 0 Å². The number of hydrogen-bond acceptors (Lipinski definition) is 3. The Kier molecular flexibility index (Phi) is 6.32. The summed E-state index contributed by atoms with van der Waals surface area (Å²) in [6.45, 7) is 2.87. The van der Waals surface area contributed by atoms with Crippen molar-refractivity contribution in [1.82, 2.24) is 0 Å². The molecule has 2 aliphatic rings. The Morgan fingerprint density at radius 1 is 0.793 bits per heavy atom. The van der Waals surface area contributed by atoms with Gasteiger partial charge in [0.1, 0.15) is 12.4 Å². The molecule has 0 bridgehead atoms. The summed E-state index contributed by atoms with van der Waals surface area (Å²) >= 11 is 0. The first-order valence-electron chi connectivity index (χ1n) is 11.4. The number of nitrogens with two attached hydrogens (primary N) is 2. The Balaban J connectivity index is 1.28. The van der Waals surface area contributed by atoms with E-state index in [0.29, 0.717) is 18.2 Å². The molecule has 0 heterocycles. The molecule has 0 aliphatic heterocycles. The predicted molar refractivity (Wildman–Crippen MR) is 122 cm³/mol. The highest BCUT2D eigenvalue weighted by molar-refractivity contribution is 5.55. The van der Waals surface area contributed by atoms with Gasteiger partial charge >= 0.3 is 0 Å². The molecule has 0 unspecified atom stereocenters. The Bertz CT molecular complexity index is 785. The Labute approximate surface area is 175 Å². The van der Waals surface area contributed by atoms with Gasteiger partial charge in [-0.1, -0.05) is 31.9 Å². The number of rotatable bonds is 5. The molecule has 0 amide bonds. The zero-order chi connectivity index (χ0) is 20.2. The smallest absolute Gasteiger partial charge is 0.119 e. The molecule has 2 aromatic carbocycles. The van der Waals surface area contributed by atoms with Gasteiger partial charge in [0.05, 0.1) is 0 Å². The van der Waals surface area contributed by atoms with Crippen LogP contribution in [0.2, 0.25) is 0 Å². The lowest BCUT2D eigenvalue weighted by Gasteiger charge is -2.37. The molecule has 3 nitrogen and oxygen atoms in total. The molecule has 2 fully saturated rings. The molecule has 0 saturated heterocycles. The lowest BCUT2D eigenvalue weighted by atomic mass is 9.68. The molecule has 0 radical (unpaired) electrons. The minimum Gasteiger partial charge on any atom is -0.489 e. The Morgan fingerprint density at radius 2 is 1.41 bits per heavy atom. The van der Waals surface area contributed by atoms with Gasteiger partial charge in [-0.15, -0.1) is 0 Å². The monoisotopic (exact) mass is 392 g/mol. The van der Waals surface area contributed by atoms with Crippen molar-refractivity contribution in [3.63, 3.8) is 0 Å². The molecule has 2 aliphatic carbocycles. The summed E-state index contributed by atoms with van der Waals surface area (Å²) in [7, 11) is 0. The van der Waals surface area contributed by atoms with Crippen LogP contribution in [0.15, 0.2) is 42.5 Å². The lowest BCUT2D eigenvalue weighted by Crippen LogP contribution is -2.24. The third kappa shape index (κ3) is 5.07. The van der Waals surface area contributed by atoms with Crippen LogP contribution in [0, 0.1) is 17.8 Å². The zero-order valence-electron chi connectivity index (χ0n) is 17.8. The minimum atomic E-state index is 0.446. The Hall–Kier alpha value is -2.16. The molecule has 4 N–H and O–H groups in total. The van der Waals surface area contributed by atoms with Crippen molar-refractivity contribution in [3.05, 3.63) is 53.6 Å². The summed E-state index contributed by atoms with van der Waals surface area (Å²) in [5, 5.41) is 0. The molecule has 156 valence electrons. The predicted octanol–water partition coefficient (Wildman–Crippen LogP) is 6.53. The van der Waals surface area contributed by atoms with Gasteiger partial charge in [0, 0.05) is 16.9 Å². The third-order valence-electron chi connectivity index (χ3n) is 7.41. The van der Waals surface area contributed by atoms with Crippen LogP contribution in [0.4, 0.5) is 11.4 Å². The van der Waals surface area contributed by atoms with Gasteiger partial charge in [0.25, 0.3) is 0 Å². The van der Waals surface area contributed by atoms with Crippen LogP contribution in [0.1, 0.15) is 75.3 Å². The van der Waals surface area contributed by atoms with E-state index in [9.17, 15) is 0 Å². The van der Waals surface area contributed by atoms with Crippen LogP contribution in [-0.4, -0.2) is 0 Å². The second kappa shape index (κ2) is 9.11. The van der Waals surface area contributed by atoms with Gasteiger partial charge < -0.3 is 16.2 Å². The SMILES string of the molecule is CC1CCC(C2CCC(c3ccc(OCc4cc(N)ccc4N)cc3)CC2)CC1. The molecule has 29 heavy (non-hydrogen) atoms. The molecular weight excluding hydrogens is 356 g/mol. The highest BCUT2D eigenvalue weighted by Gasteiger charge is 2.30. The first-order chi connectivity index (χ1) is 14.1. The summed E-state index contributed by atoms with van der Waals surface area (Å²) in [5.74, 6) is 4.54. The zero-order valence-corrected chi connectivity index (χ0v) is 17.8. The van der Waals surface area contributed by atoms with E-state index < -0.39 is 0 Å². The average molecular weight is 393 g/mol. The van der Waals surface area contributed by atoms with Gasteiger partial charge in [0.2, 0.25) is 0 Å². The molecule has 4 rings (SSSR count). The van der Waals surface area contributed by atoms with Gasteiger partial charge in [-0.25, -0.2) is 0 Å². The normalized spacial score (nSPS) is 27.5. The van der Waals surface area contributed by atoms with Crippen LogP contribution in [0.3, 0.4) is 0 Å². The molecule has 0 spiro atoms. The van der Waals surface area contributed by atoms with E-state index in [1.165, 1.54) is 56.9 Å². The highest BCUT2D eigenvalue weighted by atomic mass is 16.5. The van der Waals surface area contributed by atoms with Crippen LogP contribution < -0.4 is 16.2 Å². The maximum atomic E-state index is 6.01. The maximum absolute atomic E-state index is 6.01. The standard InChI is InChI=1S/C26H36N2O/c1-18-2-4-19(5-3-18)20-6-8-21(9-7-20)22-10-13-25(14-11-22)29-17-23-16-24(27)12-15-26(23)28/h10-16,18-21H,2-9,17,27-28H2,1H3. The number of anilines is 2. The molecular formula is C26H36N2O. The fourth-order valence-corrected chi connectivity index (χ4v) is 5.43. The summed E-state index contributed by atoms with van der Waals surface area (Å²) in [5.41, 5.74) is 15.7. The second-order valence-corrected chi connectivity index (χ2v) is 9.45. The van der Waals surface area contributed by atoms with Gasteiger partial charge in [-0.3, -0.25) is 0 Å².